The summed E-state index contributed by atoms with van der Waals surface area (Å²) in [5.74, 6) is 0.706. The van der Waals surface area contributed by atoms with E-state index in [0.717, 1.165) is 23.4 Å². The molecule has 0 bridgehead atoms. The van der Waals surface area contributed by atoms with Crippen LogP contribution in [0.25, 0.3) is 0 Å². The average molecular weight is 340 g/mol. The number of para-hydroxylation sites is 1. The number of hydrogen-bond acceptors (Lipinski definition) is 4. The summed E-state index contributed by atoms with van der Waals surface area (Å²) in [6.07, 6.45) is -0.406. The first-order chi connectivity index (χ1) is 12.2. The van der Waals surface area contributed by atoms with Crippen molar-refractivity contribution in [3.8, 4) is 5.75 Å². The van der Waals surface area contributed by atoms with E-state index < -0.39 is 6.10 Å². The highest BCUT2D eigenvalue weighted by atomic mass is 16.5. The second kappa shape index (κ2) is 8.65. The number of hydrogen-bond donors (Lipinski definition) is 1. The fourth-order valence-corrected chi connectivity index (χ4v) is 2.76. The number of benzene rings is 2. The van der Waals surface area contributed by atoms with E-state index in [0.29, 0.717) is 26.3 Å². The number of rotatable bonds is 6. The van der Waals surface area contributed by atoms with Crippen molar-refractivity contribution in [2.45, 2.75) is 19.3 Å². The Hall–Kier alpha value is -2.37. The Labute approximate surface area is 148 Å². The van der Waals surface area contributed by atoms with Crippen LogP contribution < -0.4 is 10.1 Å². The molecule has 1 saturated heterocycles. The molecule has 1 fully saturated rings. The third-order valence-corrected chi connectivity index (χ3v) is 4.22. The number of nitrogens with one attached hydrogen (secondary N) is 1. The molecule has 2 aromatic rings. The van der Waals surface area contributed by atoms with Crippen molar-refractivity contribution in [2.75, 3.05) is 26.7 Å². The van der Waals surface area contributed by atoms with Crippen LogP contribution in [0, 0.1) is 0 Å². The molecule has 5 heteroatoms. The van der Waals surface area contributed by atoms with Gasteiger partial charge in [-0.2, -0.15) is 0 Å². The lowest BCUT2D eigenvalue weighted by Crippen LogP contribution is -2.48. The number of likely N-dealkylation sites (N-methyl/N-ethyl adjacent to an activating group) is 1. The van der Waals surface area contributed by atoms with Gasteiger partial charge in [-0.05, 0) is 18.7 Å². The molecule has 0 radical (unpaired) electrons. The monoisotopic (exact) mass is 340 g/mol. The molecule has 1 N–H and O–H groups in total. The van der Waals surface area contributed by atoms with Crippen LogP contribution in [-0.4, -0.2) is 43.7 Å². The lowest BCUT2D eigenvalue weighted by atomic mass is 10.2. The summed E-state index contributed by atoms with van der Waals surface area (Å²) in [5, 5.41) is 2.96. The molecule has 0 aliphatic carbocycles. The molecule has 0 spiro atoms. The zero-order valence-corrected chi connectivity index (χ0v) is 14.5. The number of carbonyl (C=O) groups is 1. The van der Waals surface area contributed by atoms with Gasteiger partial charge in [0.05, 0.1) is 6.61 Å². The minimum Gasteiger partial charge on any atom is -0.489 e. The molecule has 1 aliphatic rings. The van der Waals surface area contributed by atoms with Crippen molar-refractivity contribution < 1.29 is 14.3 Å². The Balaban J connectivity index is 1.56. The Morgan fingerprint density at radius 2 is 1.96 bits per heavy atom. The minimum atomic E-state index is -0.406. The lowest BCUT2D eigenvalue weighted by molar-refractivity contribution is -0.138. The van der Waals surface area contributed by atoms with Gasteiger partial charge < -0.3 is 19.7 Å². The van der Waals surface area contributed by atoms with Crippen molar-refractivity contribution >= 4 is 5.91 Å². The van der Waals surface area contributed by atoms with E-state index in [1.54, 1.807) is 0 Å². The van der Waals surface area contributed by atoms with Gasteiger partial charge in [0.25, 0.3) is 5.91 Å². The molecule has 3 rings (SSSR count). The van der Waals surface area contributed by atoms with Crippen molar-refractivity contribution in [3.05, 3.63) is 65.7 Å². The molecule has 5 nitrogen and oxygen atoms in total. The second-order valence-electron chi connectivity index (χ2n) is 6.22. The Morgan fingerprint density at radius 3 is 2.76 bits per heavy atom. The molecule has 1 unspecified atom stereocenters. The molecule has 25 heavy (non-hydrogen) atoms. The SMILES string of the molecule is CN1CCOC(C(=O)NCc2ccccc2OCc2ccccc2)C1. The standard InChI is InChI=1S/C20H24N2O3/c1-22-11-12-24-19(14-22)20(23)21-13-17-9-5-6-10-18(17)25-15-16-7-3-2-4-8-16/h2-10,19H,11-15H2,1H3,(H,21,23). The maximum Gasteiger partial charge on any atom is 0.250 e. The van der Waals surface area contributed by atoms with E-state index in [4.69, 9.17) is 9.47 Å². The van der Waals surface area contributed by atoms with Gasteiger partial charge in [0.1, 0.15) is 18.5 Å². The number of carbonyl (C=O) groups excluding carboxylic acids is 1. The highest BCUT2D eigenvalue weighted by molar-refractivity contribution is 5.81. The van der Waals surface area contributed by atoms with Crippen LogP contribution in [0.5, 0.6) is 5.75 Å². The van der Waals surface area contributed by atoms with Gasteiger partial charge in [0.15, 0.2) is 0 Å². The zero-order valence-electron chi connectivity index (χ0n) is 14.5. The predicted octanol–water partition coefficient (Wildman–Crippen LogP) is 2.21. The zero-order chi connectivity index (χ0) is 17.5. The lowest BCUT2D eigenvalue weighted by Gasteiger charge is -2.29. The summed E-state index contributed by atoms with van der Waals surface area (Å²) in [5.41, 5.74) is 2.07. The first kappa shape index (κ1) is 17.5. The van der Waals surface area contributed by atoms with Crippen molar-refractivity contribution in [1.29, 1.82) is 0 Å². The first-order valence-electron chi connectivity index (χ1n) is 8.55. The minimum absolute atomic E-state index is 0.0792. The molecule has 132 valence electrons. The van der Waals surface area contributed by atoms with Gasteiger partial charge in [-0.1, -0.05) is 48.5 Å². The van der Waals surface area contributed by atoms with Crippen LogP contribution in [0.3, 0.4) is 0 Å². The van der Waals surface area contributed by atoms with Gasteiger partial charge in [-0.3, -0.25) is 4.79 Å². The van der Waals surface area contributed by atoms with Crippen LogP contribution in [0.15, 0.2) is 54.6 Å². The van der Waals surface area contributed by atoms with Crippen LogP contribution in [0.1, 0.15) is 11.1 Å². The Morgan fingerprint density at radius 1 is 1.20 bits per heavy atom. The van der Waals surface area contributed by atoms with E-state index in [1.807, 2.05) is 61.6 Å². The topological polar surface area (TPSA) is 50.8 Å². The van der Waals surface area contributed by atoms with E-state index >= 15 is 0 Å². The van der Waals surface area contributed by atoms with Gasteiger partial charge in [-0.25, -0.2) is 0 Å². The summed E-state index contributed by atoms with van der Waals surface area (Å²) >= 11 is 0. The van der Waals surface area contributed by atoms with E-state index in [1.165, 1.54) is 0 Å². The fraction of sp³-hybridized carbons (Fsp3) is 0.350. The summed E-state index contributed by atoms with van der Waals surface area (Å²) in [4.78, 5) is 14.4. The van der Waals surface area contributed by atoms with E-state index in [9.17, 15) is 4.79 Å². The predicted molar refractivity (Wildman–Crippen MR) is 96.3 cm³/mol. The normalized spacial score (nSPS) is 17.9. The highest BCUT2D eigenvalue weighted by Gasteiger charge is 2.24. The van der Waals surface area contributed by atoms with Gasteiger partial charge in [-0.15, -0.1) is 0 Å². The maximum absolute atomic E-state index is 12.3. The fourth-order valence-electron chi connectivity index (χ4n) is 2.76. The molecule has 1 amide bonds. The number of amides is 1. The van der Waals surface area contributed by atoms with E-state index in [-0.39, 0.29) is 5.91 Å². The van der Waals surface area contributed by atoms with Crippen molar-refractivity contribution in [3.63, 3.8) is 0 Å². The third-order valence-electron chi connectivity index (χ3n) is 4.22. The first-order valence-corrected chi connectivity index (χ1v) is 8.55. The second-order valence-corrected chi connectivity index (χ2v) is 6.22. The smallest absolute Gasteiger partial charge is 0.250 e. The molecule has 1 aliphatic heterocycles. The Kier molecular flexibility index (Phi) is 6.04. The molecule has 0 aromatic heterocycles. The highest BCUT2D eigenvalue weighted by Crippen LogP contribution is 2.19. The molecular weight excluding hydrogens is 316 g/mol. The third kappa shape index (κ3) is 5.05. The molecule has 1 atom stereocenters. The van der Waals surface area contributed by atoms with Gasteiger partial charge >= 0.3 is 0 Å². The van der Waals surface area contributed by atoms with Crippen LogP contribution in [0.2, 0.25) is 0 Å². The van der Waals surface area contributed by atoms with Crippen molar-refractivity contribution in [2.24, 2.45) is 0 Å². The van der Waals surface area contributed by atoms with Crippen LogP contribution in [-0.2, 0) is 22.7 Å². The summed E-state index contributed by atoms with van der Waals surface area (Å²) in [6, 6.07) is 17.8. The van der Waals surface area contributed by atoms with E-state index in [2.05, 4.69) is 10.2 Å². The number of morpholine rings is 1. The summed E-state index contributed by atoms with van der Waals surface area (Å²) in [6.45, 7) is 3.00. The quantitative estimate of drug-likeness (QED) is 0.876. The number of ether oxygens (including phenoxy) is 2. The molecule has 0 saturated carbocycles. The summed E-state index contributed by atoms with van der Waals surface area (Å²) < 4.78 is 11.5. The van der Waals surface area contributed by atoms with Crippen molar-refractivity contribution in [1.82, 2.24) is 10.2 Å². The summed E-state index contributed by atoms with van der Waals surface area (Å²) in [7, 11) is 2.00. The number of nitrogens with zero attached hydrogens (tertiary/aromatic N) is 1. The average Bonchev–Trinajstić information content (AvgIpc) is 2.66. The van der Waals surface area contributed by atoms with Crippen LogP contribution >= 0.6 is 0 Å². The largest absolute Gasteiger partial charge is 0.489 e. The Bertz CT molecular complexity index is 690. The molecular formula is C20H24N2O3. The molecule has 2 aromatic carbocycles. The molecule has 1 heterocycles. The van der Waals surface area contributed by atoms with Crippen LogP contribution in [0.4, 0.5) is 0 Å². The van der Waals surface area contributed by atoms with Gasteiger partial charge in [0, 0.05) is 25.2 Å². The van der Waals surface area contributed by atoms with Gasteiger partial charge in [0.2, 0.25) is 0 Å². The maximum atomic E-state index is 12.3.